The van der Waals surface area contributed by atoms with Gasteiger partial charge in [-0.25, -0.2) is 0 Å². The van der Waals surface area contributed by atoms with Crippen LogP contribution >= 0.6 is 0 Å². The van der Waals surface area contributed by atoms with Gasteiger partial charge in [0.1, 0.15) is 11.9 Å². The molecule has 2 aliphatic heterocycles. The van der Waals surface area contributed by atoms with E-state index in [0.29, 0.717) is 5.92 Å². The molecule has 3 nitrogen and oxygen atoms in total. The van der Waals surface area contributed by atoms with Gasteiger partial charge in [-0.05, 0) is 30.9 Å². The molecule has 0 amide bonds. The van der Waals surface area contributed by atoms with Crippen LogP contribution in [0.15, 0.2) is 18.2 Å². The summed E-state index contributed by atoms with van der Waals surface area (Å²) in [6, 6.07) is 6.44. The van der Waals surface area contributed by atoms with Gasteiger partial charge in [0.25, 0.3) is 0 Å². The molecule has 0 spiro atoms. The standard InChI is InChI=1S/C16H23NO2/c1-11-3-4-16-13(7-11)8-14(19-16)10-17-6-5-15(18)12(2)9-17/h3-4,7,12,14-15,18H,5-6,8-10H2,1-2H3. The highest BCUT2D eigenvalue weighted by atomic mass is 16.5. The molecule has 1 aromatic carbocycles. The fourth-order valence-corrected chi connectivity index (χ4v) is 3.22. The van der Waals surface area contributed by atoms with Crippen LogP contribution in [-0.4, -0.2) is 41.8 Å². The highest BCUT2D eigenvalue weighted by Gasteiger charge is 2.29. The number of hydrogen-bond acceptors (Lipinski definition) is 3. The molecular formula is C16H23NO2. The van der Waals surface area contributed by atoms with Crippen LogP contribution in [0, 0.1) is 12.8 Å². The molecule has 0 aliphatic carbocycles. The largest absolute Gasteiger partial charge is 0.488 e. The summed E-state index contributed by atoms with van der Waals surface area (Å²) in [5.41, 5.74) is 2.65. The number of aryl methyl sites for hydroxylation is 1. The second-order valence-corrected chi connectivity index (χ2v) is 6.15. The Hall–Kier alpha value is -1.06. The number of likely N-dealkylation sites (tertiary alicyclic amines) is 1. The monoisotopic (exact) mass is 261 g/mol. The SMILES string of the molecule is Cc1ccc2c(c1)CC(CN1CCC(O)C(C)C1)O2. The Kier molecular flexibility index (Phi) is 3.50. The number of rotatable bonds is 2. The minimum atomic E-state index is -0.124. The van der Waals surface area contributed by atoms with Crippen LogP contribution in [0.25, 0.3) is 0 Å². The van der Waals surface area contributed by atoms with Gasteiger partial charge >= 0.3 is 0 Å². The fraction of sp³-hybridized carbons (Fsp3) is 0.625. The average Bonchev–Trinajstić information content (AvgIpc) is 2.75. The van der Waals surface area contributed by atoms with E-state index in [9.17, 15) is 5.11 Å². The van der Waals surface area contributed by atoms with Gasteiger partial charge in [-0.2, -0.15) is 0 Å². The van der Waals surface area contributed by atoms with Gasteiger partial charge in [0.15, 0.2) is 0 Å². The summed E-state index contributed by atoms with van der Waals surface area (Å²) in [7, 11) is 0. The summed E-state index contributed by atoms with van der Waals surface area (Å²) in [6.45, 7) is 7.20. The molecule has 3 atom stereocenters. The zero-order chi connectivity index (χ0) is 13.4. The number of aliphatic hydroxyl groups excluding tert-OH is 1. The van der Waals surface area contributed by atoms with E-state index in [2.05, 4.69) is 36.9 Å². The molecule has 3 heteroatoms. The van der Waals surface area contributed by atoms with Crippen molar-refractivity contribution >= 4 is 0 Å². The van der Waals surface area contributed by atoms with Gasteiger partial charge in [0.2, 0.25) is 0 Å². The number of fused-ring (bicyclic) bond motifs is 1. The number of benzene rings is 1. The van der Waals surface area contributed by atoms with Crippen LogP contribution in [0.3, 0.4) is 0 Å². The summed E-state index contributed by atoms with van der Waals surface area (Å²) >= 11 is 0. The van der Waals surface area contributed by atoms with Gasteiger partial charge < -0.3 is 9.84 Å². The van der Waals surface area contributed by atoms with Crippen LogP contribution < -0.4 is 4.74 Å². The first-order valence-electron chi connectivity index (χ1n) is 7.28. The van der Waals surface area contributed by atoms with Crippen molar-refractivity contribution in [3.8, 4) is 5.75 Å². The van der Waals surface area contributed by atoms with E-state index in [-0.39, 0.29) is 12.2 Å². The molecule has 104 valence electrons. The molecule has 1 aromatic rings. The number of ether oxygens (including phenoxy) is 1. The summed E-state index contributed by atoms with van der Waals surface area (Å²) in [5.74, 6) is 1.43. The highest BCUT2D eigenvalue weighted by Crippen LogP contribution is 2.30. The lowest BCUT2D eigenvalue weighted by atomic mass is 9.96. The number of nitrogens with zero attached hydrogens (tertiary/aromatic N) is 1. The Morgan fingerprint density at radius 1 is 1.42 bits per heavy atom. The van der Waals surface area contributed by atoms with Crippen LogP contribution in [-0.2, 0) is 6.42 Å². The Labute approximate surface area is 115 Å². The third-order valence-electron chi connectivity index (χ3n) is 4.36. The van der Waals surface area contributed by atoms with Crippen LogP contribution in [0.1, 0.15) is 24.5 Å². The maximum atomic E-state index is 9.77. The zero-order valence-corrected chi connectivity index (χ0v) is 11.8. The third kappa shape index (κ3) is 2.77. The number of piperidine rings is 1. The normalized spacial score (nSPS) is 31.0. The van der Waals surface area contributed by atoms with E-state index in [4.69, 9.17) is 4.74 Å². The molecule has 1 saturated heterocycles. The van der Waals surface area contributed by atoms with Gasteiger partial charge in [-0.15, -0.1) is 0 Å². The van der Waals surface area contributed by atoms with Gasteiger partial charge in [-0.3, -0.25) is 4.90 Å². The maximum Gasteiger partial charge on any atom is 0.123 e. The van der Waals surface area contributed by atoms with E-state index < -0.39 is 0 Å². The quantitative estimate of drug-likeness (QED) is 0.884. The summed E-state index contributed by atoms with van der Waals surface area (Å²) in [5, 5.41) is 9.77. The van der Waals surface area contributed by atoms with Gasteiger partial charge in [0.05, 0.1) is 6.10 Å². The second kappa shape index (κ2) is 5.14. The van der Waals surface area contributed by atoms with Crippen molar-refractivity contribution in [2.24, 2.45) is 5.92 Å². The molecule has 2 aliphatic rings. The molecule has 0 aromatic heterocycles. The Morgan fingerprint density at radius 2 is 2.26 bits per heavy atom. The van der Waals surface area contributed by atoms with Crippen molar-refractivity contribution in [2.75, 3.05) is 19.6 Å². The van der Waals surface area contributed by atoms with Crippen LogP contribution in [0.4, 0.5) is 0 Å². The van der Waals surface area contributed by atoms with E-state index in [0.717, 1.165) is 38.2 Å². The number of hydrogen-bond donors (Lipinski definition) is 1. The molecule has 0 radical (unpaired) electrons. The number of aliphatic hydroxyl groups is 1. The lowest BCUT2D eigenvalue weighted by Crippen LogP contribution is -2.45. The Bertz CT molecular complexity index is 460. The molecule has 1 fully saturated rings. The fourth-order valence-electron chi connectivity index (χ4n) is 3.22. The molecule has 0 bridgehead atoms. The topological polar surface area (TPSA) is 32.7 Å². The second-order valence-electron chi connectivity index (χ2n) is 6.15. The van der Waals surface area contributed by atoms with E-state index in [1.54, 1.807) is 0 Å². The van der Waals surface area contributed by atoms with Crippen molar-refractivity contribution in [2.45, 2.75) is 38.9 Å². The van der Waals surface area contributed by atoms with Crippen LogP contribution in [0.2, 0.25) is 0 Å². The lowest BCUT2D eigenvalue weighted by Gasteiger charge is -2.35. The maximum absolute atomic E-state index is 9.77. The van der Waals surface area contributed by atoms with E-state index in [1.807, 2.05) is 0 Å². The van der Waals surface area contributed by atoms with Crippen molar-refractivity contribution in [1.82, 2.24) is 4.90 Å². The van der Waals surface area contributed by atoms with Gasteiger partial charge in [0, 0.05) is 26.1 Å². The molecule has 3 unspecified atom stereocenters. The zero-order valence-electron chi connectivity index (χ0n) is 11.8. The first-order valence-corrected chi connectivity index (χ1v) is 7.28. The predicted molar refractivity (Wildman–Crippen MR) is 75.5 cm³/mol. The molecule has 2 heterocycles. The van der Waals surface area contributed by atoms with Gasteiger partial charge in [-0.1, -0.05) is 24.6 Å². The smallest absolute Gasteiger partial charge is 0.123 e. The lowest BCUT2D eigenvalue weighted by molar-refractivity contribution is 0.0218. The van der Waals surface area contributed by atoms with Crippen molar-refractivity contribution in [3.05, 3.63) is 29.3 Å². The Balaban J connectivity index is 1.59. The third-order valence-corrected chi connectivity index (χ3v) is 4.36. The van der Waals surface area contributed by atoms with Crippen molar-refractivity contribution < 1.29 is 9.84 Å². The molecular weight excluding hydrogens is 238 g/mol. The van der Waals surface area contributed by atoms with Crippen molar-refractivity contribution in [3.63, 3.8) is 0 Å². The summed E-state index contributed by atoms with van der Waals surface area (Å²) in [6.07, 6.45) is 2.06. The van der Waals surface area contributed by atoms with E-state index in [1.165, 1.54) is 11.1 Å². The minimum Gasteiger partial charge on any atom is -0.488 e. The first-order chi connectivity index (χ1) is 9.11. The molecule has 0 saturated carbocycles. The minimum absolute atomic E-state index is 0.124. The molecule has 19 heavy (non-hydrogen) atoms. The highest BCUT2D eigenvalue weighted by molar-refractivity contribution is 5.40. The first kappa shape index (κ1) is 12.9. The molecule has 1 N–H and O–H groups in total. The van der Waals surface area contributed by atoms with Crippen LogP contribution in [0.5, 0.6) is 5.75 Å². The molecule has 3 rings (SSSR count). The average molecular weight is 261 g/mol. The van der Waals surface area contributed by atoms with E-state index >= 15 is 0 Å². The Morgan fingerprint density at radius 3 is 3.05 bits per heavy atom. The van der Waals surface area contributed by atoms with Crippen molar-refractivity contribution in [1.29, 1.82) is 0 Å². The predicted octanol–water partition coefficient (Wildman–Crippen LogP) is 2.00. The summed E-state index contributed by atoms with van der Waals surface area (Å²) < 4.78 is 6.02. The summed E-state index contributed by atoms with van der Waals surface area (Å²) in [4.78, 5) is 2.43.